The van der Waals surface area contributed by atoms with Crippen LogP contribution in [0.2, 0.25) is 0 Å². The zero-order chi connectivity index (χ0) is 20.9. The van der Waals surface area contributed by atoms with Crippen LogP contribution in [0.1, 0.15) is 30.4 Å². The molecule has 30 heavy (non-hydrogen) atoms. The summed E-state index contributed by atoms with van der Waals surface area (Å²) in [5, 5.41) is 0. The van der Waals surface area contributed by atoms with Crippen molar-refractivity contribution in [2.24, 2.45) is 5.92 Å². The van der Waals surface area contributed by atoms with Gasteiger partial charge in [-0.25, -0.2) is 4.79 Å². The van der Waals surface area contributed by atoms with Crippen LogP contribution in [0.25, 0.3) is 11.6 Å². The molecule has 0 spiro atoms. The topological polar surface area (TPSA) is 61.8 Å². The van der Waals surface area contributed by atoms with E-state index < -0.39 is 0 Å². The first-order valence-electron chi connectivity index (χ1n) is 10.1. The van der Waals surface area contributed by atoms with Gasteiger partial charge >= 0.3 is 5.97 Å². The maximum atomic E-state index is 13.1. The van der Waals surface area contributed by atoms with Crippen molar-refractivity contribution in [2.75, 3.05) is 7.11 Å². The molecule has 0 aromatic heterocycles. The number of ketones is 1. The van der Waals surface area contributed by atoms with Crippen LogP contribution in [-0.4, -0.2) is 31.1 Å². The second-order valence-electron chi connectivity index (χ2n) is 7.49. The van der Waals surface area contributed by atoms with E-state index in [9.17, 15) is 9.59 Å². The minimum absolute atomic E-state index is 0.0597. The molecule has 2 aromatic carbocycles. The molecule has 0 bridgehead atoms. The van der Waals surface area contributed by atoms with Gasteiger partial charge in [0.15, 0.2) is 5.78 Å². The van der Waals surface area contributed by atoms with Crippen molar-refractivity contribution in [2.45, 2.75) is 31.5 Å². The van der Waals surface area contributed by atoms with Gasteiger partial charge in [0.05, 0.1) is 24.9 Å². The highest BCUT2D eigenvalue weighted by Crippen LogP contribution is 2.39. The van der Waals surface area contributed by atoms with E-state index in [1.807, 2.05) is 54.6 Å². The fourth-order valence-electron chi connectivity index (χ4n) is 4.06. The maximum absolute atomic E-state index is 13.1. The Balaban J connectivity index is 1.39. The van der Waals surface area contributed by atoms with Gasteiger partial charge in [-0.1, -0.05) is 48.5 Å². The summed E-state index contributed by atoms with van der Waals surface area (Å²) in [7, 11) is 1.59. The molecular formula is C25H24O5. The number of hydrogen-bond acceptors (Lipinski definition) is 5. The molecule has 0 radical (unpaired) electrons. The molecule has 5 nitrogen and oxygen atoms in total. The third kappa shape index (κ3) is 4.30. The number of ether oxygens (including phenoxy) is 3. The Kier molecular flexibility index (Phi) is 5.98. The number of carbonyl (C=O) groups is 2. The van der Waals surface area contributed by atoms with Gasteiger partial charge in [0.1, 0.15) is 18.0 Å². The van der Waals surface area contributed by atoms with Crippen LogP contribution in [-0.2, 0) is 19.1 Å². The molecule has 0 saturated heterocycles. The molecule has 2 aliphatic rings. The first kappa shape index (κ1) is 20.0. The molecule has 154 valence electrons. The van der Waals surface area contributed by atoms with Crippen molar-refractivity contribution in [1.82, 2.24) is 0 Å². The molecule has 2 aromatic rings. The Bertz CT molecular complexity index is 976. The fourth-order valence-corrected chi connectivity index (χ4v) is 4.06. The zero-order valence-corrected chi connectivity index (χ0v) is 16.8. The van der Waals surface area contributed by atoms with Crippen LogP contribution >= 0.6 is 0 Å². The third-order valence-corrected chi connectivity index (χ3v) is 5.60. The smallest absolute Gasteiger partial charge is 0.331 e. The Morgan fingerprint density at radius 1 is 1.07 bits per heavy atom. The number of allylic oxidation sites excluding steroid dienone is 1. The number of hydrogen-bond donors (Lipinski definition) is 0. The molecule has 5 heteroatoms. The molecule has 4 rings (SSSR count). The lowest BCUT2D eigenvalue weighted by Crippen LogP contribution is -2.41. The number of benzene rings is 2. The van der Waals surface area contributed by atoms with Crippen LogP contribution in [0.15, 0.2) is 66.9 Å². The van der Waals surface area contributed by atoms with Crippen LogP contribution in [0.4, 0.5) is 0 Å². The van der Waals surface area contributed by atoms with E-state index in [0.29, 0.717) is 30.6 Å². The lowest BCUT2D eigenvalue weighted by molar-refractivity contribution is -0.148. The average molecular weight is 404 g/mol. The van der Waals surface area contributed by atoms with E-state index in [4.69, 9.17) is 14.2 Å². The van der Waals surface area contributed by atoms with Gasteiger partial charge < -0.3 is 14.2 Å². The Morgan fingerprint density at radius 2 is 1.83 bits per heavy atom. The van der Waals surface area contributed by atoms with E-state index in [2.05, 4.69) is 0 Å². The minimum atomic E-state index is -0.380. The van der Waals surface area contributed by atoms with E-state index in [-0.39, 0.29) is 29.9 Å². The Morgan fingerprint density at radius 3 is 2.63 bits per heavy atom. The number of carbonyl (C=O) groups excluding carboxylic acids is 2. The number of Topliss-reactive ketones (excluding diaryl/α,β-unsaturated/α-hetero) is 1. The average Bonchev–Trinajstić information content (AvgIpc) is 2.79. The molecule has 3 unspecified atom stereocenters. The van der Waals surface area contributed by atoms with Crippen molar-refractivity contribution >= 4 is 23.4 Å². The number of rotatable bonds is 5. The van der Waals surface area contributed by atoms with E-state index in [1.165, 1.54) is 12.3 Å². The molecule has 1 aliphatic heterocycles. The lowest BCUT2D eigenvalue weighted by Gasteiger charge is -2.37. The number of para-hydroxylation sites is 1. The van der Waals surface area contributed by atoms with Crippen molar-refractivity contribution < 1.29 is 23.8 Å². The molecule has 1 fully saturated rings. The van der Waals surface area contributed by atoms with Crippen molar-refractivity contribution in [1.29, 1.82) is 0 Å². The maximum Gasteiger partial charge on any atom is 0.331 e. The Labute approximate surface area is 176 Å². The van der Waals surface area contributed by atoms with E-state index in [0.717, 1.165) is 11.1 Å². The van der Waals surface area contributed by atoms with Gasteiger partial charge in [0.25, 0.3) is 0 Å². The summed E-state index contributed by atoms with van der Waals surface area (Å²) < 4.78 is 16.9. The van der Waals surface area contributed by atoms with Crippen molar-refractivity contribution in [3.63, 3.8) is 0 Å². The molecule has 0 N–H and O–H groups in total. The van der Waals surface area contributed by atoms with Crippen LogP contribution < -0.4 is 4.74 Å². The predicted octanol–water partition coefficient (Wildman–Crippen LogP) is 4.43. The highest BCUT2D eigenvalue weighted by molar-refractivity contribution is 6.22. The fraction of sp³-hybridized carbons (Fsp3) is 0.280. The largest absolute Gasteiger partial charge is 0.496 e. The van der Waals surface area contributed by atoms with Crippen LogP contribution in [0.3, 0.4) is 0 Å². The predicted molar refractivity (Wildman–Crippen MR) is 114 cm³/mol. The van der Waals surface area contributed by atoms with Gasteiger partial charge in [0.2, 0.25) is 0 Å². The summed E-state index contributed by atoms with van der Waals surface area (Å²) in [6.45, 7) is 0. The standard InChI is InChI=1S/C25H24O5/c1-28-22-10-6-5-9-19(22)21-16-29-23-15-18(12-13-20(23)25(21)27)30-24(26)14-11-17-7-3-2-4-8-17/h2-11,14,16,18,20,23H,12-13,15H2,1H3/b14-11+. The first-order chi connectivity index (χ1) is 14.7. The molecule has 1 aliphatic carbocycles. The van der Waals surface area contributed by atoms with Crippen LogP contribution in [0, 0.1) is 5.92 Å². The summed E-state index contributed by atoms with van der Waals surface area (Å²) >= 11 is 0. The normalized spacial score (nSPS) is 23.3. The van der Waals surface area contributed by atoms with Gasteiger partial charge in [-0.3, -0.25) is 4.79 Å². The molecule has 3 atom stereocenters. The number of esters is 1. The zero-order valence-electron chi connectivity index (χ0n) is 16.8. The van der Waals surface area contributed by atoms with Gasteiger partial charge in [0, 0.05) is 18.1 Å². The highest BCUT2D eigenvalue weighted by Gasteiger charge is 2.41. The second-order valence-corrected chi connectivity index (χ2v) is 7.49. The monoisotopic (exact) mass is 404 g/mol. The van der Waals surface area contributed by atoms with E-state index >= 15 is 0 Å². The lowest BCUT2D eigenvalue weighted by atomic mass is 9.77. The first-order valence-corrected chi connectivity index (χ1v) is 10.1. The van der Waals surface area contributed by atoms with Gasteiger partial charge in [-0.15, -0.1) is 0 Å². The van der Waals surface area contributed by atoms with E-state index in [1.54, 1.807) is 13.2 Å². The molecule has 1 heterocycles. The SMILES string of the molecule is COc1ccccc1C1=COC2CC(OC(=O)/C=C/c3ccccc3)CCC2C1=O. The summed E-state index contributed by atoms with van der Waals surface area (Å²) in [4.78, 5) is 25.3. The van der Waals surface area contributed by atoms with Gasteiger partial charge in [-0.2, -0.15) is 0 Å². The Hall–Kier alpha value is -3.34. The van der Waals surface area contributed by atoms with Crippen LogP contribution in [0.5, 0.6) is 5.75 Å². The third-order valence-electron chi connectivity index (χ3n) is 5.60. The molecule has 0 amide bonds. The quantitative estimate of drug-likeness (QED) is 0.545. The second kappa shape index (κ2) is 8.99. The summed E-state index contributed by atoms with van der Waals surface area (Å²) in [6, 6.07) is 17.0. The highest BCUT2D eigenvalue weighted by atomic mass is 16.5. The van der Waals surface area contributed by atoms with Gasteiger partial charge in [-0.05, 0) is 30.5 Å². The summed E-state index contributed by atoms with van der Waals surface area (Å²) in [5.74, 6) is 0.0934. The minimum Gasteiger partial charge on any atom is -0.496 e. The summed E-state index contributed by atoms with van der Waals surface area (Å²) in [5.41, 5.74) is 2.21. The number of methoxy groups -OCH3 is 1. The molecule has 1 saturated carbocycles. The van der Waals surface area contributed by atoms with Crippen molar-refractivity contribution in [3.8, 4) is 5.75 Å². The summed E-state index contributed by atoms with van der Waals surface area (Å²) in [6.07, 6.45) is 5.94. The molecular weight excluding hydrogens is 380 g/mol. The van der Waals surface area contributed by atoms with Crippen molar-refractivity contribution in [3.05, 3.63) is 78.1 Å². The number of fused-ring (bicyclic) bond motifs is 1.